The molecular weight excluding hydrogens is 311 g/mol. The van der Waals surface area contributed by atoms with Crippen LogP contribution in [0.15, 0.2) is 23.1 Å². The van der Waals surface area contributed by atoms with Gasteiger partial charge in [-0.2, -0.15) is 11.8 Å². The van der Waals surface area contributed by atoms with Gasteiger partial charge in [-0.15, -0.1) is 0 Å². The van der Waals surface area contributed by atoms with Crippen molar-refractivity contribution in [2.75, 3.05) is 18.1 Å². The topological polar surface area (TPSA) is 58.2 Å². The average molecular weight is 332 g/mol. The Morgan fingerprint density at radius 2 is 2.24 bits per heavy atom. The average Bonchev–Trinajstić information content (AvgIpc) is 2.92. The van der Waals surface area contributed by atoms with E-state index in [9.17, 15) is 12.8 Å². The smallest absolute Gasteiger partial charge is 0.241 e. The molecule has 1 atom stereocenters. The fraction of sp³-hybridized carbons (Fsp3) is 0.571. The molecule has 2 N–H and O–H groups in total. The molecule has 1 aromatic rings. The Kier molecular flexibility index (Phi) is 6.04. The predicted molar refractivity (Wildman–Crippen MR) is 84.4 cm³/mol. The predicted octanol–water partition coefficient (Wildman–Crippen LogP) is 2.11. The van der Waals surface area contributed by atoms with Crippen molar-refractivity contribution in [3.63, 3.8) is 0 Å². The van der Waals surface area contributed by atoms with Crippen LogP contribution in [0.1, 0.15) is 25.3 Å². The lowest BCUT2D eigenvalue weighted by molar-refractivity contribution is 0.557. The summed E-state index contributed by atoms with van der Waals surface area (Å²) >= 11 is 1.73. The summed E-state index contributed by atoms with van der Waals surface area (Å²) in [6.07, 6.45) is 1.78. The third-order valence-corrected chi connectivity index (χ3v) is 6.08. The first-order chi connectivity index (χ1) is 10.0. The van der Waals surface area contributed by atoms with Gasteiger partial charge >= 0.3 is 0 Å². The first-order valence-electron chi connectivity index (χ1n) is 7.12. The minimum Gasteiger partial charge on any atom is -0.313 e. The molecule has 0 bridgehead atoms. The summed E-state index contributed by atoms with van der Waals surface area (Å²) in [6.45, 7) is 3.25. The van der Waals surface area contributed by atoms with E-state index in [1.807, 2.05) is 6.92 Å². The minimum absolute atomic E-state index is 0.0444. The molecular formula is C14H21FN2O2S2. The van der Waals surface area contributed by atoms with Crippen LogP contribution in [0, 0.1) is 5.82 Å². The Labute approximate surface area is 129 Å². The van der Waals surface area contributed by atoms with Gasteiger partial charge in [0.15, 0.2) is 0 Å². The quantitative estimate of drug-likeness (QED) is 0.751. The van der Waals surface area contributed by atoms with Crippen LogP contribution in [0.25, 0.3) is 0 Å². The number of hydrogen-bond donors (Lipinski definition) is 2. The maximum atomic E-state index is 13.5. The van der Waals surface area contributed by atoms with E-state index < -0.39 is 15.8 Å². The van der Waals surface area contributed by atoms with Crippen molar-refractivity contribution in [3.05, 3.63) is 29.6 Å². The Balaban J connectivity index is 2.20. The van der Waals surface area contributed by atoms with E-state index in [0.29, 0.717) is 12.1 Å². The molecule has 0 spiro atoms. The third-order valence-electron chi connectivity index (χ3n) is 3.31. The van der Waals surface area contributed by atoms with E-state index in [0.717, 1.165) is 37.0 Å². The summed E-state index contributed by atoms with van der Waals surface area (Å²) in [7, 11) is -3.68. The lowest BCUT2D eigenvalue weighted by atomic mass is 10.2. The third kappa shape index (κ3) is 4.67. The van der Waals surface area contributed by atoms with E-state index in [1.165, 1.54) is 12.1 Å². The fourth-order valence-electron chi connectivity index (χ4n) is 2.23. The van der Waals surface area contributed by atoms with Crippen LogP contribution >= 0.6 is 11.8 Å². The molecule has 21 heavy (non-hydrogen) atoms. The molecule has 0 aromatic heterocycles. The molecule has 4 nitrogen and oxygen atoms in total. The van der Waals surface area contributed by atoms with E-state index in [4.69, 9.17) is 0 Å². The summed E-state index contributed by atoms with van der Waals surface area (Å²) in [4.78, 5) is 0.0444. The molecule has 1 saturated heterocycles. The van der Waals surface area contributed by atoms with Gasteiger partial charge in [0.1, 0.15) is 5.82 Å². The van der Waals surface area contributed by atoms with Gasteiger partial charge in [-0.05, 0) is 42.8 Å². The van der Waals surface area contributed by atoms with Gasteiger partial charge in [-0.25, -0.2) is 17.5 Å². The van der Waals surface area contributed by atoms with Crippen molar-refractivity contribution < 1.29 is 12.8 Å². The molecule has 0 aliphatic carbocycles. The monoisotopic (exact) mass is 332 g/mol. The Morgan fingerprint density at radius 3 is 2.90 bits per heavy atom. The van der Waals surface area contributed by atoms with Crippen LogP contribution in [0.2, 0.25) is 0 Å². The number of thioether (sulfide) groups is 1. The van der Waals surface area contributed by atoms with Crippen molar-refractivity contribution in [2.24, 2.45) is 0 Å². The number of sulfonamides is 1. The second-order valence-electron chi connectivity index (χ2n) is 5.11. The number of benzene rings is 1. The SMILES string of the molecule is CCCNCc1ccc(F)cc1S(=O)(=O)NC1CCSC1. The second-order valence-corrected chi connectivity index (χ2v) is 7.94. The largest absolute Gasteiger partial charge is 0.313 e. The highest BCUT2D eigenvalue weighted by Gasteiger charge is 2.25. The summed E-state index contributed by atoms with van der Waals surface area (Å²) in [5, 5.41) is 3.16. The number of hydrogen-bond acceptors (Lipinski definition) is 4. The number of halogens is 1. The standard InChI is InChI=1S/C14H21FN2O2S2/c1-2-6-16-9-11-3-4-12(15)8-14(11)21(18,19)17-13-5-7-20-10-13/h3-4,8,13,16-17H,2,5-7,9-10H2,1H3. The van der Waals surface area contributed by atoms with Gasteiger partial charge in [0.25, 0.3) is 0 Å². The Bertz CT molecular complexity index is 572. The fourth-order valence-corrected chi connectivity index (χ4v) is 5.01. The van der Waals surface area contributed by atoms with Crippen molar-refractivity contribution in [2.45, 2.75) is 37.2 Å². The van der Waals surface area contributed by atoms with E-state index >= 15 is 0 Å². The zero-order valence-electron chi connectivity index (χ0n) is 12.1. The lowest BCUT2D eigenvalue weighted by Crippen LogP contribution is -2.35. The zero-order valence-corrected chi connectivity index (χ0v) is 13.7. The highest BCUT2D eigenvalue weighted by molar-refractivity contribution is 7.99. The van der Waals surface area contributed by atoms with Crippen molar-refractivity contribution in [1.82, 2.24) is 10.0 Å². The summed E-state index contributed by atoms with van der Waals surface area (Å²) in [5.74, 6) is 1.20. The van der Waals surface area contributed by atoms with Gasteiger partial charge in [0.2, 0.25) is 10.0 Å². The van der Waals surface area contributed by atoms with E-state index in [1.54, 1.807) is 11.8 Å². The number of nitrogens with one attached hydrogen (secondary N) is 2. The highest BCUT2D eigenvalue weighted by atomic mass is 32.2. The molecule has 2 rings (SSSR count). The van der Waals surface area contributed by atoms with Crippen LogP contribution in [0.5, 0.6) is 0 Å². The molecule has 0 saturated carbocycles. The molecule has 1 heterocycles. The highest BCUT2D eigenvalue weighted by Crippen LogP contribution is 2.22. The molecule has 0 radical (unpaired) electrons. The van der Waals surface area contributed by atoms with Gasteiger partial charge in [-0.1, -0.05) is 13.0 Å². The van der Waals surface area contributed by atoms with E-state index in [2.05, 4.69) is 10.0 Å². The molecule has 0 amide bonds. The summed E-state index contributed by atoms with van der Waals surface area (Å²) in [5.41, 5.74) is 0.600. The molecule has 1 aliphatic rings. The van der Waals surface area contributed by atoms with Gasteiger partial charge in [-0.3, -0.25) is 0 Å². The molecule has 118 valence electrons. The molecule has 1 fully saturated rings. The summed E-state index contributed by atoms with van der Waals surface area (Å²) < 4.78 is 41.1. The van der Waals surface area contributed by atoms with Crippen molar-refractivity contribution >= 4 is 21.8 Å². The maximum Gasteiger partial charge on any atom is 0.241 e. The van der Waals surface area contributed by atoms with Crippen LogP contribution in [0.3, 0.4) is 0 Å². The Hall–Kier alpha value is -0.630. The van der Waals surface area contributed by atoms with Gasteiger partial charge in [0, 0.05) is 18.3 Å². The number of rotatable bonds is 7. The maximum absolute atomic E-state index is 13.5. The minimum atomic E-state index is -3.68. The van der Waals surface area contributed by atoms with Crippen molar-refractivity contribution in [1.29, 1.82) is 0 Å². The Morgan fingerprint density at radius 1 is 1.43 bits per heavy atom. The summed E-state index contributed by atoms with van der Waals surface area (Å²) in [6, 6.07) is 3.89. The first kappa shape index (κ1) is 16.7. The second kappa shape index (κ2) is 7.58. The van der Waals surface area contributed by atoms with Crippen LogP contribution in [-0.2, 0) is 16.6 Å². The molecule has 1 aliphatic heterocycles. The lowest BCUT2D eigenvalue weighted by Gasteiger charge is -2.15. The van der Waals surface area contributed by atoms with Gasteiger partial charge < -0.3 is 5.32 Å². The van der Waals surface area contributed by atoms with Crippen LogP contribution < -0.4 is 10.0 Å². The van der Waals surface area contributed by atoms with Gasteiger partial charge in [0.05, 0.1) is 4.90 Å². The molecule has 1 unspecified atom stereocenters. The normalized spacial score (nSPS) is 19.0. The van der Waals surface area contributed by atoms with Crippen LogP contribution in [0.4, 0.5) is 4.39 Å². The van der Waals surface area contributed by atoms with Crippen LogP contribution in [-0.4, -0.2) is 32.5 Å². The zero-order chi connectivity index (χ0) is 15.3. The van der Waals surface area contributed by atoms with Crippen molar-refractivity contribution in [3.8, 4) is 0 Å². The first-order valence-corrected chi connectivity index (χ1v) is 9.76. The van der Waals surface area contributed by atoms with E-state index in [-0.39, 0.29) is 10.9 Å². The molecule has 7 heteroatoms. The molecule has 1 aromatic carbocycles.